The first-order chi connectivity index (χ1) is 5.45. The van der Waals surface area contributed by atoms with Gasteiger partial charge in [-0.3, -0.25) is 0 Å². The zero-order valence-electron chi connectivity index (χ0n) is 6.40. The Hall–Kier alpha value is -1.04. The van der Waals surface area contributed by atoms with Gasteiger partial charge >= 0.3 is 5.97 Å². The van der Waals surface area contributed by atoms with Crippen LogP contribution in [0.4, 0.5) is 0 Å². The summed E-state index contributed by atoms with van der Waals surface area (Å²) in [6.07, 6.45) is 0. The molecule has 0 atom stereocenters. The quantitative estimate of drug-likeness (QED) is 0.619. The molecule has 68 valence electrons. The first-order valence-electron chi connectivity index (χ1n) is 3.25. The molecule has 1 heterocycles. The largest absolute Gasteiger partial charge is 0.496 e. The van der Waals surface area contributed by atoms with Crippen LogP contribution in [0.15, 0.2) is 10.7 Å². The molecule has 0 aliphatic carbocycles. The van der Waals surface area contributed by atoms with Crippen molar-refractivity contribution in [2.75, 3.05) is 12.4 Å². The van der Waals surface area contributed by atoms with E-state index in [-0.39, 0.29) is 18.1 Å². The van der Waals surface area contributed by atoms with Crippen LogP contribution in [0.3, 0.4) is 0 Å². The number of sulfone groups is 1. The van der Waals surface area contributed by atoms with Crippen molar-refractivity contribution in [1.29, 1.82) is 0 Å². The molecule has 0 amide bonds. The molecule has 1 rings (SSSR count). The molecule has 1 N–H and O–H groups in total. The summed E-state index contributed by atoms with van der Waals surface area (Å²) in [5.74, 6) is -1.74. The maximum atomic E-state index is 11.1. The summed E-state index contributed by atoms with van der Waals surface area (Å²) in [4.78, 5) is 9.85. The van der Waals surface area contributed by atoms with Gasteiger partial charge in [-0.2, -0.15) is 0 Å². The van der Waals surface area contributed by atoms with E-state index in [0.717, 1.165) is 0 Å². The van der Waals surface area contributed by atoms with Crippen molar-refractivity contribution < 1.29 is 23.1 Å². The highest BCUT2D eigenvalue weighted by atomic mass is 32.2. The summed E-state index contributed by atoms with van der Waals surface area (Å²) in [5.41, 5.74) is 0. The Labute approximate surface area is 69.6 Å². The number of allylic oxidation sites excluding steroid dienone is 1. The third kappa shape index (κ3) is 1.42. The van der Waals surface area contributed by atoms with Crippen LogP contribution in [-0.4, -0.2) is 31.9 Å². The summed E-state index contributed by atoms with van der Waals surface area (Å²) < 4.78 is 27.0. The van der Waals surface area contributed by atoms with E-state index >= 15 is 0 Å². The van der Waals surface area contributed by atoms with E-state index in [4.69, 9.17) is 9.84 Å². The summed E-state index contributed by atoms with van der Waals surface area (Å²) in [6.45, 7) is 1.37. The van der Waals surface area contributed by atoms with Crippen molar-refractivity contribution in [3.8, 4) is 0 Å². The first-order valence-corrected chi connectivity index (χ1v) is 4.90. The SMILES string of the molecule is CC1=C(C(=O)O)S(=O)(=O)CCO1. The van der Waals surface area contributed by atoms with E-state index in [9.17, 15) is 13.2 Å². The van der Waals surface area contributed by atoms with Gasteiger partial charge in [0, 0.05) is 0 Å². The molecule has 1 aliphatic rings. The predicted molar refractivity (Wildman–Crippen MR) is 40.1 cm³/mol. The highest BCUT2D eigenvalue weighted by Gasteiger charge is 2.31. The average Bonchev–Trinajstić information content (AvgIpc) is 1.82. The van der Waals surface area contributed by atoms with Crippen LogP contribution in [0, 0.1) is 0 Å². The fourth-order valence-corrected chi connectivity index (χ4v) is 2.24. The van der Waals surface area contributed by atoms with Crippen LogP contribution in [0.25, 0.3) is 0 Å². The van der Waals surface area contributed by atoms with Gasteiger partial charge in [0.15, 0.2) is 14.7 Å². The number of rotatable bonds is 1. The van der Waals surface area contributed by atoms with Crippen LogP contribution in [-0.2, 0) is 19.4 Å². The van der Waals surface area contributed by atoms with E-state index in [0.29, 0.717) is 0 Å². The van der Waals surface area contributed by atoms with Crippen LogP contribution in [0.1, 0.15) is 6.92 Å². The zero-order valence-corrected chi connectivity index (χ0v) is 7.22. The standard InChI is InChI=1S/C6H8O5S/c1-4-5(6(7)8)12(9,10)3-2-11-4/h2-3H2,1H3,(H,7,8). The number of ether oxygens (including phenoxy) is 1. The number of carboxylic acid groups (broad SMARTS) is 1. The maximum absolute atomic E-state index is 11.1. The van der Waals surface area contributed by atoms with Gasteiger partial charge < -0.3 is 9.84 Å². The highest BCUT2D eigenvalue weighted by Crippen LogP contribution is 2.19. The lowest BCUT2D eigenvalue weighted by atomic mass is 10.5. The fourth-order valence-electron chi connectivity index (χ4n) is 0.975. The monoisotopic (exact) mass is 192 g/mol. The molecule has 0 saturated heterocycles. The molecule has 0 unspecified atom stereocenters. The second-order valence-electron chi connectivity index (χ2n) is 2.36. The molecule has 0 fully saturated rings. The van der Waals surface area contributed by atoms with E-state index < -0.39 is 20.7 Å². The second-order valence-corrected chi connectivity index (χ2v) is 4.40. The number of carbonyl (C=O) groups is 1. The van der Waals surface area contributed by atoms with E-state index in [1.165, 1.54) is 6.92 Å². The molecule has 6 heteroatoms. The predicted octanol–water partition coefficient (Wildman–Crippen LogP) is -0.252. The lowest BCUT2D eigenvalue weighted by Gasteiger charge is -2.15. The third-order valence-electron chi connectivity index (χ3n) is 1.50. The molecule has 12 heavy (non-hydrogen) atoms. The summed E-state index contributed by atoms with van der Waals surface area (Å²) in [6, 6.07) is 0. The Balaban J connectivity index is 3.28. The number of carboxylic acids is 1. The topological polar surface area (TPSA) is 80.7 Å². The van der Waals surface area contributed by atoms with Gasteiger partial charge in [-0.1, -0.05) is 0 Å². The zero-order chi connectivity index (χ0) is 9.35. The number of hydrogen-bond acceptors (Lipinski definition) is 4. The molecular formula is C6H8O5S. The lowest BCUT2D eigenvalue weighted by Crippen LogP contribution is -2.25. The highest BCUT2D eigenvalue weighted by molar-refractivity contribution is 7.96. The van der Waals surface area contributed by atoms with E-state index in [1.54, 1.807) is 0 Å². The van der Waals surface area contributed by atoms with Gasteiger partial charge in [0.2, 0.25) is 0 Å². The van der Waals surface area contributed by atoms with E-state index in [2.05, 4.69) is 0 Å². The average molecular weight is 192 g/mol. The molecule has 0 spiro atoms. The first kappa shape index (κ1) is 9.05. The van der Waals surface area contributed by atoms with Crippen molar-refractivity contribution in [1.82, 2.24) is 0 Å². The molecule has 5 nitrogen and oxygen atoms in total. The summed E-state index contributed by atoms with van der Waals surface area (Å²) in [5, 5.41) is 8.53. The second kappa shape index (κ2) is 2.78. The molecular weight excluding hydrogens is 184 g/mol. The van der Waals surface area contributed by atoms with Gasteiger partial charge in [0.05, 0.1) is 5.75 Å². The summed E-state index contributed by atoms with van der Waals surface area (Å²) in [7, 11) is -3.62. The molecule has 1 aliphatic heterocycles. The van der Waals surface area contributed by atoms with Crippen LogP contribution in [0.2, 0.25) is 0 Å². The molecule has 0 bridgehead atoms. The van der Waals surface area contributed by atoms with Crippen molar-refractivity contribution >= 4 is 15.8 Å². The minimum Gasteiger partial charge on any atom is -0.496 e. The molecule has 0 aromatic rings. The lowest BCUT2D eigenvalue weighted by molar-refractivity contribution is -0.132. The van der Waals surface area contributed by atoms with Gasteiger partial charge in [-0.05, 0) is 6.92 Å². The third-order valence-corrected chi connectivity index (χ3v) is 3.28. The molecule has 0 aromatic heterocycles. The van der Waals surface area contributed by atoms with Crippen molar-refractivity contribution in [2.24, 2.45) is 0 Å². The smallest absolute Gasteiger partial charge is 0.350 e. The van der Waals surface area contributed by atoms with Gasteiger partial charge in [-0.25, -0.2) is 13.2 Å². The Morgan fingerprint density at radius 2 is 2.17 bits per heavy atom. The fraction of sp³-hybridized carbons (Fsp3) is 0.500. The van der Waals surface area contributed by atoms with Crippen LogP contribution >= 0.6 is 0 Å². The van der Waals surface area contributed by atoms with Crippen molar-refractivity contribution in [2.45, 2.75) is 6.92 Å². The molecule has 0 saturated carbocycles. The number of hydrogen-bond donors (Lipinski definition) is 1. The number of aliphatic carboxylic acids is 1. The van der Waals surface area contributed by atoms with Crippen molar-refractivity contribution in [3.05, 3.63) is 10.7 Å². The van der Waals surface area contributed by atoms with Crippen LogP contribution < -0.4 is 0 Å². The minimum absolute atomic E-state index is 0.0327. The Kier molecular flexibility index (Phi) is 2.10. The van der Waals surface area contributed by atoms with Crippen LogP contribution in [0.5, 0.6) is 0 Å². The van der Waals surface area contributed by atoms with Gasteiger partial charge in [0.1, 0.15) is 12.4 Å². The van der Waals surface area contributed by atoms with E-state index in [1.807, 2.05) is 0 Å². The normalized spacial score (nSPS) is 21.8. The molecule has 0 radical (unpaired) electrons. The van der Waals surface area contributed by atoms with Crippen molar-refractivity contribution in [3.63, 3.8) is 0 Å². The Morgan fingerprint density at radius 1 is 1.58 bits per heavy atom. The Bertz CT molecular complexity index is 337. The maximum Gasteiger partial charge on any atom is 0.350 e. The van der Waals surface area contributed by atoms with Gasteiger partial charge in [0.25, 0.3) is 0 Å². The molecule has 0 aromatic carbocycles. The Morgan fingerprint density at radius 3 is 2.50 bits per heavy atom. The minimum atomic E-state index is -3.62. The summed E-state index contributed by atoms with van der Waals surface area (Å²) >= 11 is 0. The van der Waals surface area contributed by atoms with Gasteiger partial charge in [-0.15, -0.1) is 0 Å².